The van der Waals surface area contributed by atoms with Crippen molar-refractivity contribution in [2.45, 2.75) is 12.8 Å². The minimum absolute atomic E-state index is 0.0842. The number of methoxy groups -OCH3 is 1. The Hall–Kier alpha value is -2.22. The zero-order chi connectivity index (χ0) is 14.4. The molecule has 1 saturated heterocycles. The molecule has 0 N–H and O–H groups in total. The van der Waals surface area contributed by atoms with Crippen LogP contribution >= 0.6 is 0 Å². The van der Waals surface area contributed by atoms with Crippen LogP contribution in [0, 0.1) is 11.3 Å². The summed E-state index contributed by atoms with van der Waals surface area (Å²) in [6.45, 7) is 3.09. The van der Waals surface area contributed by atoms with E-state index >= 15 is 0 Å². The molecule has 1 heterocycles. The molecule has 0 spiro atoms. The molecule has 1 aliphatic rings. The van der Waals surface area contributed by atoms with Crippen LogP contribution in [-0.4, -0.2) is 44.1 Å². The molecule has 0 atom stereocenters. The predicted octanol–water partition coefficient (Wildman–Crippen LogP) is 1.65. The molecular formula is C15H19N3O2. The first-order valence-corrected chi connectivity index (χ1v) is 6.78. The van der Waals surface area contributed by atoms with E-state index in [-0.39, 0.29) is 5.91 Å². The van der Waals surface area contributed by atoms with Crippen molar-refractivity contribution in [3.8, 4) is 11.8 Å². The average molecular weight is 273 g/mol. The van der Waals surface area contributed by atoms with Crippen molar-refractivity contribution in [3.05, 3.63) is 24.3 Å². The number of piperazine rings is 1. The van der Waals surface area contributed by atoms with E-state index in [0.717, 1.165) is 37.6 Å². The van der Waals surface area contributed by atoms with Crippen LogP contribution in [0.1, 0.15) is 12.8 Å². The number of nitriles is 1. The molecule has 5 heteroatoms. The monoisotopic (exact) mass is 273 g/mol. The molecule has 5 nitrogen and oxygen atoms in total. The van der Waals surface area contributed by atoms with Crippen LogP contribution in [0.3, 0.4) is 0 Å². The first-order valence-electron chi connectivity index (χ1n) is 6.78. The van der Waals surface area contributed by atoms with Crippen LogP contribution in [0.2, 0.25) is 0 Å². The van der Waals surface area contributed by atoms with E-state index < -0.39 is 0 Å². The Morgan fingerprint density at radius 3 is 2.45 bits per heavy atom. The fourth-order valence-corrected chi connectivity index (χ4v) is 2.33. The number of rotatable bonds is 4. The first kappa shape index (κ1) is 14.2. The van der Waals surface area contributed by atoms with Crippen LogP contribution < -0.4 is 9.64 Å². The highest BCUT2D eigenvalue weighted by atomic mass is 16.5. The summed E-state index contributed by atoms with van der Waals surface area (Å²) < 4.78 is 5.14. The van der Waals surface area contributed by atoms with Crippen molar-refractivity contribution in [2.75, 3.05) is 38.2 Å². The molecule has 0 aromatic heterocycles. The summed E-state index contributed by atoms with van der Waals surface area (Å²) in [5.41, 5.74) is 1.15. The number of hydrogen-bond donors (Lipinski definition) is 0. The van der Waals surface area contributed by atoms with Crippen LogP contribution in [0.5, 0.6) is 5.75 Å². The smallest absolute Gasteiger partial charge is 0.223 e. The van der Waals surface area contributed by atoms with Crippen molar-refractivity contribution < 1.29 is 9.53 Å². The van der Waals surface area contributed by atoms with Crippen LogP contribution in [-0.2, 0) is 4.79 Å². The lowest BCUT2D eigenvalue weighted by Gasteiger charge is -2.36. The minimum atomic E-state index is 0.0842. The first-order chi connectivity index (χ1) is 9.74. The highest BCUT2D eigenvalue weighted by Crippen LogP contribution is 2.20. The molecule has 1 aromatic carbocycles. The second kappa shape index (κ2) is 6.80. The quantitative estimate of drug-likeness (QED) is 0.837. The Balaban J connectivity index is 1.87. The van der Waals surface area contributed by atoms with Gasteiger partial charge in [0.2, 0.25) is 5.91 Å². The molecule has 1 aromatic rings. The van der Waals surface area contributed by atoms with Gasteiger partial charge in [0.1, 0.15) is 5.75 Å². The van der Waals surface area contributed by atoms with E-state index in [2.05, 4.69) is 4.90 Å². The Kier molecular flexibility index (Phi) is 4.83. The molecular weight excluding hydrogens is 254 g/mol. The van der Waals surface area contributed by atoms with Gasteiger partial charge in [0, 0.05) is 44.7 Å². The number of hydrogen-bond acceptors (Lipinski definition) is 4. The highest BCUT2D eigenvalue weighted by Gasteiger charge is 2.20. The number of carbonyl (C=O) groups excluding carboxylic acids is 1. The molecule has 0 aliphatic carbocycles. The van der Waals surface area contributed by atoms with Gasteiger partial charge in [-0.05, 0) is 24.3 Å². The van der Waals surface area contributed by atoms with Crippen molar-refractivity contribution in [1.29, 1.82) is 5.26 Å². The maximum Gasteiger partial charge on any atom is 0.223 e. The lowest BCUT2D eigenvalue weighted by molar-refractivity contribution is -0.131. The molecule has 0 radical (unpaired) electrons. The van der Waals surface area contributed by atoms with E-state index in [4.69, 9.17) is 10.00 Å². The predicted molar refractivity (Wildman–Crippen MR) is 76.6 cm³/mol. The molecule has 0 bridgehead atoms. The Labute approximate surface area is 119 Å². The molecule has 1 fully saturated rings. The van der Waals surface area contributed by atoms with Crippen LogP contribution in [0.15, 0.2) is 24.3 Å². The Morgan fingerprint density at radius 1 is 1.25 bits per heavy atom. The number of anilines is 1. The van der Waals surface area contributed by atoms with Crippen molar-refractivity contribution in [2.24, 2.45) is 0 Å². The largest absolute Gasteiger partial charge is 0.497 e. The van der Waals surface area contributed by atoms with Gasteiger partial charge >= 0.3 is 0 Å². The van der Waals surface area contributed by atoms with Gasteiger partial charge in [-0.2, -0.15) is 5.26 Å². The van der Waals surface area contributed by atoms with E-state index in [1.54, 1.807) is 7.11 Å². The maximum atomic E-state index is 11.8. The molecule has 1 aliphatic heterocycles. The average Bonchev–Trinajstić information content (AvgIpc) is 2.53. The molecule has 2 rings (SSSR count). The lowest BCUT2D eigenvalue weighted by Crippen LogP contribution is -2.48. The lowest BCUT2D eigenvalue weighted by atomic mass is 10.2. The van der Waals surface area contributed by atoms with Gasteiger partial charge in [-0.25, -0.2) is 0 Å². The molecule has 1 amide bonds. The summed E-state index contributed by atoms with van der Waals surface area (Å²) in [6, 6.07) is 9.97. The van der Waals surface area contributed by atoms with Crippen LogP contribution in [0.4, 0.5) is 5.69 Å². The van der Waals surface area contributed by atoms with Gasteiger partial charge in [0.25, 0.3) is 0 Å². The second-order valence-electron chi connectivity index (χ2n) is 4.72. The van der Waals surface area contributed by atoms with E-state index in [1.165, 1.54) is 0 Å². The number of ether oxygens (including phenoxy) is 1. The molecule has 0 unspecified atom stereocenters. The van der Waals surface area contributed by atoms with E-state index in [0.29, 0.717) is 12.8 Å². The van der Waals surface area contributed by atoms with Crippen molar-refractivity contribution in [1.82, 2.24) is 4.90 Å². The van der Waals surface area contributed by atoms with Gasteiger partial charge in [-0.3, -0.25) is 4.79 Å². The fraction of sp³-hybridized carbons (Fsp3) is 0.467. The number of benzene rings is 1. The van der Waals surface area contributed by atoms with Gasteiger partial charge in [-0.15, -0.1) is 0 Å². The second-order valence-corrected chi connectivity index (χ2v) is 4.72. The Morgan fingerprint density at radius 2 is 1.90 bits per heavy atom. The Bertz CT molecular complexity index is 485. The SMILES string of the molecule is COc1ccc(N2CCN(C(=O)CCC#N)CC2)cc1. The molecule has 0 saturated carbocycles. The third kappa shape index (κ3) is 3.41. The minimum Gasteiger partial charge on any atom is -0.497 e. The summed E-state index contributed by atoms with van der Waals surface area (Å²) in [5, 5.41) is 8.51. The molecule has 106 valence electrons. The van der Waals surface area contributed by atoms with Crippen molar-refractivity contribution >= 4 is 11.6 Å². The third-order valence-corrected chi connectivity index (χ3v) is 3.52. The zero-order valence-corrected chi connectivity index (χ0v) is 11.7. The summed E-state index contributed by atoms with van der Waals surface area (Å²) in [6.07, 6.45) is 0.635. The number of nitrogens with zero attached hydrogens (tertiary/aromatic N) is 3. The molecule has 20 heavy (non-hydrogen) atoms. The normalized spacial score (nSPS) is 14.8. The van der Waals surface area contributed by atoms with Gasteiger partial charge in [-0.1, -0.05) is 0 Å². The maximum absolute atomic E-state index is 11.8. The van der Waals surface area contributed by atoms with Gasteiger partial charge in [0.05, 0.1) is 13.2 Å². The van der Waals surface area contributed by atoms with Crippen LogP contribution in [0.25, 0.3) is 0 Å². The number of carbonyl (C=O) groups is 1. The van der Waals surface area contributed by atoms with Crippen molar-refractivity contribution in [3.63, 3.8) is 0 Å². The highest BCUT2D eigenvalue weighted by molar-refractivity contribution is 5.76. The standard InChI is InChI=1S/C15H19N3O2/c1-20-14-6-4-13(5-7-14)17-9-11-18(12-10-17)15(19)3-2-8-16/h4-7H,2-3,9-12H2,1H3. The summed E-state index contributed by atoms with van der Waals surface area (Å²) >= 11 is 0. The summed E-state index contributed by atoms with van der Waals surface area (Å²) in [7, 11) is 1.65. The topological polar surface area (TPSA) is 56.6 Å². The van der Waals surface area contributed by atoms with Gasteiger partial charge in [0.15, 0.2) is 0 Å². The number of amides is 1. The van der Waals surface area contributed by atoms with E-state index in [1.807, 2.05) is 35.2 Å². The van der Waals surface area contributed by atoms with E-state index in [9.17, 15) is 4.79 Å². The summed E-state index contributed by atoms with van der Waals surface area (Å²) in [4.78, 5) is 15.9. The summed E-state index contributed by atoms with van der Waals surface area (Å²) in [5.74, 6) is 0.931. The third-order valence-electron chi connectivity index (χ3n) is 3.52. The van der Waals surface area contributed by atoms with Gasteiger partial charge < -0.3 is 14.5 Å². The zero-order valence-electron chi connectivity index (χ0n) is 11.7. The fourth-order valence-electron chi connectivity index (χ4n) is 2.33.